The van der Waals surface area contributed by atoms with E-state index in [-0.39, 0.29) is 5.56 Å². The Bertz CT molecular complexity index is 909. The Labute approximate surface area is 232 Å². The van der Waals surface area contributed by atoms with Crippen molar-refractivity contribution in [2.24, 2.45) is 5.11 Å². The van der Waals surface area contributed by atoms with Crippen molar-refractivity contribution in [1.82, 2.24) is 0 Å². The molecule has 0 aliphatic carbocycles. The summed E-state index contributed by atoms with van der Waals surface area (Å²) in [6.45, 7) is 5.22. The van der Waals surface area contributed by atoms with E-state index in [1.54, 1.807) is 30.3 Å². The summed E-state index contributed by atoms with van der Waals surface area (Å²) in [6, 6.07) is 8.14. The number of carbonyl (C=O) groups excluding carboxylic acids is 2. The van der Waals surface area contributed by atoms with Crippen molar-refractivity contribution >= 4 is 11.9 Å². The molecule has 1 saturated heterocycles. The van der Waals surface area contributed by atoms with Crippen LogP contribution in [0.1, 0.15) is 108 Å². The van der Waals surface area contributed by atoms with Crippen LogP contribution in [-0.2, 0) is 23.7 Å². The summed E-state index contributed by atoms with van der Waals surface area (Å²) in [5, 5.41) is 14.7. The SMILES string of the molecule is CCCCCCCCCCCCCCO[C@@H]1O[C@H](C)[C@@](O)(N=[N+]=[N-])[C@H](OC(=O)c2ccccc2)[C@H]1OC(C)=O. The zero-order valence-electron chi connectivity index (χ0n) is 23.6. The van der Waals surface area contributed by atoms with Crippen LogP contribution in [0.15, 0.2) is 35.4 Å². The number of unbranched alkanes of at least 4 members (excludes halogenated alkanes) is 11. The Balaban J connectivity index is 1.91. The minimum Gasteiger partial charge on any atom is -0.453 e. The lowest BCUT2D eigenvalue weighted by Crippen LogP contribution is -2.66. The van der Waals surface area contributed by atoms with Gasteiger partial charge in [-0.25, -0.2) is 4.79 Å². The summed E-state index contributed by atoms with van der Waals surface area (Å²) < 4.78 is 22.7. The third-order valence-corrected chi connectivity index (χ3v) is 6.95. The molecule has 218 valence electrons. The molecule has 0 saturated carbocycles. The van der Waals surface area contributed by atoms with Crippen molar-refractivity contribution in [3.05, 3.63) is 46.3 Å². The van der Waals surface area contributed by atoms with E-state index in [9.17, 15) is 14.7 Å². The third-order valence-electron chi connectivity index (χ3n) is 6.95. The van der Waals surface area contributed by atoms with Gasteiger partial charge in [-0.1, -0.05) is 101 Å². The highest BCUT2D eigenvalue weighted by Crippen LogP contribution is 2.36. The number of esters is 2. The van der Waals surface area contributed by atoms with E-state index in [0.29, 0.717) is 6.61 Å². The van der Waals surface area contributed by atoms with Crippen molar-refractivity contribution in [2.45, 2.75) is 128 Å². The number of ether oxygens (including phenoxy) is 4. The van der Waals surface area contributed by atoms with Crippen molar-refractivity contribution in [3.8, 4) is 0 Å². The van der Waals surface area contributed by atoms with Gasteiger partial charge in [0.25, 0.3) is 0 Å². The lowest BCUT2D eigenvalue weighted by Gasteiger charge is -2.47. The van der Waals surface area contributed by atoms with Crippen molar-refractivity contribution in [1.29, 1.82) is 0 Å². The summed E-state index contributed by atoms with van der Waals surface area (Å²) in [5.41, 5.74) is 7.00. The highest BCUT2D eigenvalue weighted by molar-refractivity contribution is 5.89. The molecule has 39 heavy (non-hydrogen) atoms. The lowest BCUT2D eigenvalue weighted by atomic mass is 9.92. The molecule has 10 nitrogen and oxygen atoms in total. The van der Waals surface area contributed by atoms with Crippen LogP contribution in [0.4, 0.5) is 0 Å². The van der Waals surface area contributed by atoms with Gasteiger partial charge < -0.3 is 24.1 Å². The first kappa shape index (κ1) is 32.6. The number of aliphatic hydroxyl groups is 1. The first-order valence-corrected chi connectivity index (χ1v) is 14.3. The van der Waals surface area contributed by atoms with Crippen molar-refractivity contribution < 1.29 is 33.6 Å². The van der Waals surface area contributed by atoms with E-state index in [4.69, 9.17) is 24.5 Å². The van der Waals surface area contributed by atoms with Crippen LogP contribution in [0, 0.1) is 0 Å². The average Bonchev–Trinajstić information content (AvgIpc) is 2.92. The molecular formula is C29H45N3O7. The fourth-order valence-corrected chi connectivity index (χ4v) is 4.70. The maximum absolute atomic E-state index is 12.8. The molecule has 2 rings (SSSR count). The van der Waals surface area contributed by atoms with Crippen LogP contribution in [0.3, 0.4) is 0 Å². The van der Waals surface area contributed by atoms with Crippen LogP contribution >= 0.6 is 0 Å². The van der Waals surface area contributed by atoms with Gasteiger partial charge in [0.2, 0.25) is 5.72 Å². The van der Waals surface area contributed by atoms with Crippen LogP contribution < -0.4 is 0 Å². The fraction of sp³-hybridized carbons (Fsp3) is 0.724. The molecule has 10 heteroatoms. The Kier molecular flexibility index (Phi) is 14.9. The molecular weight excluding hydrogens is 502 g/mol. The number of carbonyl (C=O) groups is 2. The van der Waals surface area contributed by atoms with Gasteiger partial charge in [0.1, 0.15) is 0 Å². The predicted molar refractivity (Wildman–Crippen MR) is 147 cm³/mol. The highest BCUT2D eigenvalue weighted by Gasteiger charge is 2.58. The van der Waals surface area contributed by atoms with E-state index in [1.807, 2.05) is 0 Å². The van der Waals surface area contributed by atoms with Gasteiger partial charge in [-0.2, -0.15) is 0 Å². The van der Waals surface area contributed by atoms with Crippen molar-refractivity contribution in [2.75, 3.05) is 6.61 Å². The number of hydrogen-bond acceptors (Lipinski definition) is 8. The van der Waals surface area contributed by atoms with Gasteiger partial charge in [0, 0.05) is 18.4 Å². The molecule has 0 unspecified atom stereocenters. The fourth-order valence-electron chi connectivity index (χ4n) is 4.70. The van der Waals surface area contributed by atoms with Crippen LogP contribution in [-0.4, -0.2) is 54.0 Å². The van der Waals surface area contributed by atoms with Crippen LogP contribution in [0.5, 0.6) is 0 Å². The largest absolute Gasteiger partial charge is 0.453 e. The van der Waals surface area contributed by atoms with E-state index in [1.165, 1.54) is 71.6 Å². The number of benzene rings is 1. The maximum Gasteiger partial charge on any atom is 0.338 e. The van der Waals surface area contributed by atoms with Gasteiger partial charge in [0.05, 0.1) is 11.7 Å². The summed E-state index contributed by atoms with van der Waals surface area (Å²) in [4.78, 5) is 27.5. The molecule has 0 aromatic heterocycles. The molecule has 0 radical (unpaired) electrons. The molecule has 1 aromatic rings. The maximum atomic E-state index is 12.8. The molecule has 1 aromatic carbocycles. The molecule has 5 atom stereocenters. The molecule has 0 amide bonds. The molecule has 1 aliphatic rings. The van der Waals surface area contributed by atoms with Gasteiger partial charge in [-0.05, 0) is 31.0 Å². The molecule has 1 aliphatic heterocycles. The van der Waals surface area contributed by atoms with Gasteiger partial charge in [0.15, 0.2) is 18.5 Å². The van der Waals surface area contributed by atoms with E-state index < -0.39 is 42.3 Å². The monoisotopic (exact) mass is 547 g/mol. The molecule has 1 heterocycles. The topological polar surface area (TPSA) is 140 Å². The number of hydrogen-bond donors (Lipinski definition) is 1. The summed E-state index contributed by atoms with van der Waals surface area (Å²) in [6.07, 6.45) is 9.33. The Morgan fingerprint density at radius 3 is 2.08 bits per heavy atom. The Morgan fingerprint density at radius 2 is 1.54 bits per heavy atom. The van der Waals surface area contributed by atoms with E-state index in [2.05, 4.69) is 16.9 Å². The summed E-state index contributed by atoms with van der Waals surface area (Å²) in [5.74, 6) is -1.47. The predicted octanol–water partition coefficient (Wildman–Crippen LogP) is 6.61. The lowest BCUT2D eigenvalue weighted by molar-refractivity contribution is -0.323. The Morgan fingerprint density at radius 1 is 0.974 bits per heavy atom. The molecule has 1 fully saturated rings. The van der Waals surface area contributed by atoms with Crippen LogP contribution in [0.2, 0.25) is 0 Å². The molecule has 1 N–H and O–H groups in total. The second-order valence-corrected chi connectivity index (χ2v) is 10.1. The first-order chi connectivity index (χ1) is 18.8. The third kappa shape index (κ3) is 10.8. The van der Waals surface area contributed by atoms with Gasteiger partial charge >= 0.3 is 11.9 Å². The standard InChI is InChI=1S/C29H45N3O7/c1-4-5-6-7-8-9-10-11-12-13-14-18-21-36-28-25(38-23(3)33)26(29(35,31-32-30)22(2)37-28)39-27(34)24-19-16-15-17-20-24/h15-17,19-20,22,25-26,28,35H,4-14,18,21H2,1-3H3/t22-,25-,26-,28-,29+/m1/s1. The average molecular weight is 548 g/mol. The summed E-state index contributed by atoms with van der Waals surface area (Å²) >= 11 is 0. The highest BCUT2D eigenvalue weighted by atomic mass is 16.7. The second-order valence-electron chi connectivity index (χ2n) is 10.1. The quantitative estimate of drug-likeness (QED) is 0.0717. The number of rotatable bonds is 18. The van der Waals surface area contributed by atoms with Crippen molar-refractivity contribution in [3.63, 3.8) is 0 Å². The van der Waals surface area contributed by atoms with Gasteiger partial charge in [-0.3, -0.25) is 4.79 Å². The zero-order valence-corrected chi connectivity index (χ0v) is 23.6. The molecule has 0 spiro atoms. The second kappa shape index (κ2) is 17.8. The van der Waals surface area contributed by atoms with Crippen LogP contribution in [0.25, 0.3) is 10.4 Å². The van der Waals surface area contributed by atoms with E-state index >= 15 is 0 Å². The molecule has 0 bridgehead atoms. The number of azide groups is 1. The normalized spacial score (nSPS) is 24.5. The number of nitrogens with zero attached hydrogens (tertiary/aromatic N) is 3. The Hall–Kier alpha value is -2.65. The first-order valence-electron chi connectivity index (χ1n) is 14.3. The zero-order chi connectivity index (χ0) is 28.5. The minimum absolute atomic E-state index is 0.218. The minimum atomic E-state index is -2.32. The van der Waals surface area contributed by atoms with E-state index in [0.717, 1.165) is 19.3 Å². The summed E-state index contributed by atoms with van der Waals surface area (Å²) in [7, 11) is 0. The smallest absolute Gasteiger partial charge is 0.338 e. The van der Waals surface area contributed by atoms with Gasteiger partial charge in [-0.15, -0.1) is 0 Å².